The minimum atomic E-state index is 0.0877. The first-order valence-corrected chi connectivity index (χ1v) is 4.85. The Labute approximate surface area is 88.0 Å². The van der Waals surface area contributed by atoms with Crippen LogP contribution in [-0.4, -0.2) is 0 Å². The summed E-state index contributed by atoms with van der Waals surface area (Å²) < 4.78 is 0. The Bertz CT molecular complexity index is 285. The summed E-state index contributed by atoms with van der Waals surface area (Å²) in [5.74, 6) is 5.38. The number of nitrogens with one attached hydrogen (secondary N) is 1. The Hall–Kier alpha value is -0.280. The highest BCUT2D eigenvalue weighted by Crippen LogP contribution is 2.27. The first-order valence-electron chi connectivity index (χ1n) is 4.10. The van der Waals surface area contributed by atoms with Crippen molar-refractivity contribution in [3.05, 3.63) is 33.8 Å². The van der Waals surface area contributed by atoms with Crippen LogP contribution in [0.2, 0.25) is 10.0 Å². The van der Waals surface area contributed by atoms with Crippen molar-refractivity contribution >= 4 is 23.2 Å². The summed E-state index contributed by atoms with van der Waals surface area (Å²) in [6.45, 7) is 2.04. The molecule has 3 N–H and O–H groups in total. The minimum Gasteiger partial charge on any atom is -0.271 e. The van der Waals surface area contributed by atoms with Gasteiger partial charge >= 0.3 is 0 Å². The Balaban J connectivity index is 2.99. The normalized spacial score (nSPS) is 12.9. The molecule has 1 aromatic rings. The van der Waals surface area contributed by atoms with Gasteiger partial charge in [-0.25, -0.2) is 0 Å². The van der Waals surface area contributed by atoms with E-state index in [4.69, 9.17) is 29.0 Å². The van der Waals surface area contributed by atoms with Crippen molar-refractivity contribution in [3.63, 3.8) is 0 Å². The van der Waals surface area contributed by atoms with Gasteiger partial charge in [0.2, 0.25) is 0 Å². The molecule has 0 unspecified atom stereocenters. The molecular formula is C9H12Cl2N2. The average molecular weight is 219 g/mol. The quantitative estimate of drug-likeness (QED) is 0.605. The van der Waals surface area contributed by atoms with Crippen molar-refractivity contribution in [3.8, 4) is 0 Å². The van der Waals surface area contributed by atoms with Crippen LogP contribution in [0.4, 0.5) is 0 Å². The van der Waals surface area contributed by atoms with Gasteiger partial charge in [-0.05, 0) is 24.1 Å². The van der Waals surface area contributed by atoms with Crippen molar-refractivity contribution in [2.45, 2.75) is 19.4 Å². The zero-order chi connectivity index (χ0) is 9.84. The molecule has 0 fully saturated rings. The first-order chi connectivity index (χ1) is 6.19. The molecule has 0 amide bonds. The first kappa shape index (κ1) is 10.8. The van der Waals surface area contributed by atoms with E-state index in [-0.39, 0.29) is 6.04 Å². The van der Waals surface area contributed by atoms with Gasteiger partial charge < -0.3 is 0 Å². The summed E-state index contributed by atoms with van der Waals surface area (Å²) in [4.78, 5) is 0. The molecule has 0 spiro atoms. The second kappa shape index (κ2) is 4.82. The second-order valence-corrected chi connectivity index (χ2v) is 3.64. The molecule has 0 saturated carbocycles. The fraction of sp³-hybridized carbons (Fsp3) is 0.333. The van der Waals surface area contributed by atoms with Gasteiger partial charge in [0, 0.05) is 16.1 Å². The molecule has 1 atom stereocenters. The van der Waals surface area contributed by atoms with Gasteiger partial charge in [0.1, 0.15) is 0 Å². The van der Waals surface area contributed by atoms with E-state index >= 15 is 0 Å². The molecule has 4 heteroatoms. The minimum absolute atomic E-state index is 0.0877. The molecule has 72 valence electrons. The van der Waals surface area contributed by atoms with E-state index in [2.05, 4.69) is 5.43 Å². The molecule has 0 bridgehead atoms. The lowest BCUT2D eigenvalue weighted by Crippen LogP contribution is -2.27. The number of hydrogen-bond acceptors (Lipinski definition) is 2. The van der Waals surface area contributed by atoms with Crippen molar-refractivity contribution < 1.29 is 0 Å². The van der Waals surface area contributed by atoms with Crippen LogP contribution in [0.1, 0.15) is 24.9 Å². The standard InChI is InChI=1S/C9H12Cl2N2/c1-2-9(13-12)7-4-3-6(10)5-8(7)11/h3-5,9,13H,2,12H2,1H3/t9-/m0/s1. The van der Waals surface area contributed by atoms with E-state index in [1.165, 1.54) is 0 Å². The maximum Gasteiger partial charge on any atom is 0.0472 e. The lowest BCUT2D eigenvalue weighted by atomic mass is 10.1. The zero-order valence-corrected chi connectivity index (χ0v) is 8.86. The smallest absolute Gasteiger partial charge is 0.0472 e. The van der Waals surface area contributed by atoms with Crippen LogP contribution < -0.4 is 11.3 Å². The summed E-state index contributed by atoms with van der Waals surface area (Å²) in [5.41, 5.74) is 3.68. The Morgan fingerprint density at radius 1 is 1.46 bits per heavy atom. The van der Waals surface area contributed by atoms with E-state index < -0.39 is 0 Å². The molecule has 1 aromatic carbocycles. The van der Waals surface area contributed by atoms with Crippen molar-refractivity contribution in [2.24, 2.45) is 5.84 Å². The molecule has 0 radical (unpaired) electrons. The topological polar surface area (TPSA) is 38.0 Å². The number of hydrazine groups is 1. The van der Waals surface area contributed by atoms with Crippen LogP contribution in [0, 0.1) is 0 Å². The second-order valence-electron chi connectivity index (χ2n) is 2.79. The van der Waals surface area contributed by atoms with Gasteiger partial charge in [0.15, 0.2) is 0 Å². The number of hydrogen-bond donors (Lipinski definition) is 2. The lowest BCUT2D eigenvalue weighted by Gasteiger charge is -2.15. The van der Waals surface area contributed by atoms with Gasteiger partial charge in [-0.1, -0.05) is 36.2 Å². The molecule has 2 nitrogen and oxygen atoms in total. The summed E-state index contributed by atoms with van der Waals surface area (Å²) in [5, 5.41) is 1.29. The van der Waals surface area contributed by atoms with Crippen LogP contribution in [0.25, 0.3) is 0 Å². The third kappa shape index (κ3) is 2.58. The van der Waals surface area contributed by atoms with Crippen molar-refractivity contribution in [1.29, 1.82) is 0 Å². The molecule has 0 saturated heterocycles. The predicted molar refractivity (Wildman–Crippen MR) is 56.8 cm³/mol. The van der Waals surface area contributed by atoms with E-state index in [9.17, 15) is 0 Å². The van der Waals surface area contributed by atoms with E-state index in [0.29, 0.717) is 10.0 Å². The molecule has 1 rings (SSSR count). The fourth-order valence-corrected chi connectivity index (χ4v) is 1.75. The SMILES string of the molecule is CC[C@H](NN)c1ccc(Cl)cc1Cl. The average Bonchev–Trinajstić information content (AvgIpc) is 2.10. The maximum absolute atomic E-state index is 6.00. The molecule has 0 heterocycles. The van der Waals surface area contributed by atoms with Crippen LogP contribution in [0.3, 0.4) is 0 Å². The van der Waals surface area contributed by atoms with Crippen LogP contribution in [0.5, 0.6) is 0 Å². The van der Waals surface area contributed by atoms with E-state index in [0.717, 1.165) is 12.0 Å². The summed E-state index contributed by atoms with van der Waals surface area (Å²) in [6.07, 6.45) is 0.887. The van der Waals surface area contributed by atoms with Crippen molar-refractivity contribution in [2.75, 3.05) is 0 Å². The number of rotatable bonds is 3. The summed E-state index contributed by atoms with van der Waals surface area (Å²) in [6, 6.07) is 5.50. The Kier molecular flexibility index (Phi) is 4.00. The van der Waals surface area contributed by atoms with Gasteiger partial charge in [-0.3, -0.25) is 11.3 Å². The third-order valence-electron chi connectivity index (χ3n) is 1.95. The van der Waals surface area contributed by atoms with Gasteiger partial charge in [-0.2, -0.15) is 0 Å². The molecule has 0 aliphatic heterocycles. The fourth-order valence-electron chi connectivity index (χ4n) is 1.21. The van der Waals surface area contributed by atoms with Crippen LogP contribution in [-0.2, 0) is 0 Å². The van der Waals surface area contributed by atoms with E-state index in [1.54, 1.807) is 6.07 Å². The van der Waals surface area contributed by atoms with Crippen LogP contribution >= 0.6 is 23.2 Å². The highest BCUT2D eigenvalue weighted by Gasteiger charge is 2.10. The zero-order valence-electron chi connectivity index (χ0n) is 7.35. The monoisotopic (exact) mass is 218 g/mol. The molecular weight excluding hydrogens is 207 g/mol. The Morgan fingerprint density at radius 3 is 2.62 bits per heavy atom. The van der Waals surface area contributed by atoms with Crippen LogP contribution in [0.15, 0.2) is 18.2 Å². The molecule has 13 heavy (non-hydrogen) atoms. The van der Waals surface area contributed by atoms with Gasteiger partial charge in [0.25, 0.3) is 0 Å². The number of halogens is 2. The summed E-state index contributed by atoms with van der Waals surface area (Å²) >= 11 is 11.8. The lowest BCUT2D eigenvalue weighted by molar-refractivity contribution is 0.539. The summed E-state index contributed by atoms with van der Waals surface area (Å²) in [7, 11) is 0. The molecule has 0 aliphatic rings. The highest BCUT2D eigenvalue weighted by molar-refractivity contribution is 6.35. The van der Waals surface area contributed by atoms with E-state index in [1.807, 2.05) is 19.1 Å². The molecule has 0 aliphatic carbocycles. The third-order valence-corrected chi connectivity index (χ3v) is 2.51. The van der Waals surface area contributed by atoms with Gasteiger partial charge in [-0.15, -0.1) is 0 Å². The predicted octanol–water partition coefficient (Wildman–Crippen LogP) is 2.91. The largest absolute Gasteiger partial charge is 0.271 e. The van der Waals surface area contributed by atoms with Gasteiger partial charge in [0.05, 0.1) is 0 Å². The molecule has 0 aromatic heterocycles. The van der Waals surface area contributed by atoms with Crippen molar-refractivity contribution in [1.82, 2.24) is 5.43 Å². The number of nitrogens with two attached hydrogens (primary N) is 1. The Morgan fingerprint density at radius 2 is 2.15 bits per heavy atom. The number of benzene rings is 1. The highest BCUT2D eigenvalue weighted by atomic mass is 35.5. The maximum atomic E-state index is 6.00.